The average Bonchev–Trinajstić information content (AvgIpc) is 3.02. The molecule has 174 valence electrons. The zero-order valence-electron chi connectivity index (χ0n) is 19.2. The van der Waals surface area contributed by atoms with Gasteiger partial charge < -0.3 is 19.5 Å². The molecule has 1 atom stereocenters. The second-order valence-electron chi connectivity index (χ2n) is 7.42. The largest absolute Gasteiger partial charge is 0.493 e. The number of esters is 1. The summed E-state index contributed by atoms with van der Waals surface area (Å²) in [5.41, 5.74) is 1.64. The van der Waals surface area contributed by atoms with Gasteiger partial charge in [-0.2, -0.15) is 0 Å². The number of ether oxygens (including phenoxy) is 3. The van der Waals surface area contributed by atoms with Gasteiger partial charge in [0, 0.05) is 7.05 Å². The summed E-state index contributed by atoms with van der Waals surface area (Å²) in [6.07, 6.45) is -1.15. The summed E-state index contributed by atoms with van der Waals surface area (Å²) in [6.45, 7) is 3.18. The van der Waals surface area contributed by atoms with Crippen LogP contribution in [0.3, 0.4) is 0 Å². The number of carbonyl (C=O) groups is 2. The lowest BCUT2D eigenvalue weighted by atomic mass is 10.1. The molecule has 0 saturated carbocycles. The van der Waals surface area contributed by atoms with Crippen molar-refractivity contribution in [1.82, 2.24) is 9.36 Å². The van der Waals surface area contributed by atoms with Crippen LogP contribution in [0.25, 0.3) is 5.69 Å². The highest BCUT2D eigenvalue weighted by Gasteiger charge is 2.23. The van der Waals surface area contributed by atoms with Gasteiger partial charge >= 0.3 is 5.97 Å². The van der Waals surface area contributed by atoms with E-state index in [1.165, 1.54) is 25.8 Å². The third-order valence-electron chi connectivity index (χ3n) is 5.28. The fraction of sp³-hybridized carbons (Fsp3) is 0.292. The second kappa shape index (κ2) is 10.1. The van der Waals surface area contributed by atoms with E-state index in [1.54, 1.807) is 49.0 Å². The van der Waals surface area contributed by atoms with E-state index in [0.29, 0.717) is 28.4 Å². The van der Waals surface area contributed by atoms with Crippen LogP contribution in [0.5, 0.6) is 11.5 Å². The van der Waals surface area contributed by atoms with Gasteiger partial charge in [0.2, 0.25) is 0 Å². The van der Waals surface area contributed by atoms with Crippen LogP contribution < -0.4 is 20.3 Å². The summed E-state index contributed by atoms with van der Waals surface area (Å²) in [5.74, 6) is -0.150. The quantitative estimate of drug-likeness (QED) is 0.526. The first-order valence-corrected chi connectivity index (χ1v) is 10.3. The van der Waals surface area contributed by atoms with Crippen molar-refractivity contribution in [2.75, 3.05) is 19.5 Å². The minimum Gasteiger partial charge on any atom is -0.493 e. The molecule has 1 N–H and O–H groups in total. The molecule has 0 unspecified atom stereocenters. The maximum atomic E-state index is 12.9. The first-order chi connectivity index (χ1) is 15.8. The number of nitrogens with one attached hydrogen (secondary N) is 1. The summed E-state index contributed by atoms with van der Waals surface area (Å²) in [4.78, 5) is 38.0. The molecule has 0 bridgehead atoms. The number of hydrogen-bond donors (Lipinski definition) is 1. The van der Waals surface area contributed by atoms with Crippen molar-refractivity contribution < 1.29 is 23.8 Å². The molecule has 1 aromatic heterocycles. The van der Waals surface area contributed by atoms with Gasteiger partial charge in [-0.15, -0.1) is 0 Å². The Balaban J connectivity index is 1.69. The van der Waals surface area contributed by atoms with Crippen LogP contribution in [-0.2, 0) is 27.8 Å². The van der Waals surface area contributed by atoms with E-state index in [2.05, 4.69) is 5.32 Å². The van der Waals surface area contributed by atoms with Gasteiger partial charge in [-0.1, -0.05) is 24.3 Å². The molecule has 3 rings (SSSR count). The number of para-hydroxylation sites is 1. The number of benzene rings is 2. The molecule has 33 heavy (non-hydrogen) atoms. The number of amides is 1. The Bertz CT molecular complexity index is 1210. The topological polar surface area (TPSA) is 101 Å². The summed E-state index contributed by atoms with van der Waals surface area (Å²) in [6, 6.07) is 14.2. The van der Waals surface area contributed by atoms with Crippen molar-refractivity contribution in [3.63, 3.8) is 0 Å². The Morgan fingerprint density at radius 1 is 1.03 bits per heavy atom. The number of carbonyl (C=O) groups excluding carboxylic acids is 2. The van der Waals surface area contributed by atoms with Crippen LogP contribution in [0.15, 0.2) is 53.3 Å². The Hall–Kier alpha value is -4.01. The Morgan fingerprint density at radius 3 is 2.33 bits per heavy atom. The van der Waals surface area contributed by atoms with Gasteiger partial charge in [0.15, 0.2) is 17.6 Å². The van der Waals surface area contributed by atoms with Crippen LogP contribution in [0.4, 0.5) is 5.69 Å². The molecule has 1 amide bonds. The molecule has 3 aromatic rings. The van der Waals surface area contributed by atoms with Gasteiger partial charge in [-0.25, -0.2) is 4.68 Å². The van der Waals surface area contributed by atoms with Crippen molar-refractivity contribution >= 4 is 17.6 Å². The second-order valence-corrected chi connectivity index (χ2v) is 7.42. The Labute approximate surface area is 191 Å². The molecule has 0 spiro atoms. The lowest BCUT2D eigenvalue weighted by molar-refractivity contribution is -0.152. The van der Waals surface area contributed by atoms with Crippen LogP contribution in [-0.4, -0.2) is 41.6 Å². The monoisotopic (exact) mass is 453 g/mol. The van der Waals surface area contributed by atoms with Crippen molar-refractivity contribution in [2.45, 2.75) is 26.4 Å². The minimum atomic E-state index is -1.10. The zero-order chi connectivity index (χ0) is 24.1. The van der Waals surface area contributed by atoms with Gasteiger partial charge in [0.1, 0.15) is 5.69 Å². The highest BCUT2D eigenvalue weighted by Crippen LogP contribution is 2.27. The maximum absolute atomic E-state index is 12.9. The predicted molar refractivity (Wildman–Crippen MR) is 123 cm³/mol. The molecular weight excluding hydrogens is 426 g/mol. The number of aromatic nitrogens is 2. The number of methoxy groups -OCH3 is 2. The molecule has 0 aliphatic carbocycles. The summed E-state index contributed by atoms with van der Waals surface area (Å²) < 4.78 is 18.8. The fourth-order valence-corrected chi connectivity index (χ4v) is 3.39. The molecule has 0 aliphatic heterocycles. The lowest BCUT2D eigenvalue weighted by Crippen LogP contribution is -2.32. The lowest BCUT2D eigenvalue weighted by Gasteiger charge is -2.14. The number of anilines is 1. The van der Waals surface area contributed by atoms with E-state index in [-0.39, 0.29) is 17.7 Å². The third-order valence-corrected chi connectivity index (χ3v) is 5.28. The van der Waals surface area contributed by atoms with Crippen LogP contribution in [0, 0.1) is 6.92 Å². The van der Waals surface area contributed by atoms with Crippen LogP contribution in [0.2, 0.25) is 0 Å². The molecule has 0 saturated heterocycles. The SMILES string of the molecule is COc1ccc(CC(=O)O[C@@H](C)C(=O)Nc2c(C)n(C)n(-c3ccccc3)c2=O)cc1OC. The van der Waals surface area contributed by atoms with Gasteiger partial charge in [-0.3, -0.25) is 19.1 Å². The standard InChI is InChI=1S/C24H27N3O6/c1-15-22(24(30)27(26(15)3)18-9-7-6-8-10-18)25-23(29)16(2)33-21(28)14-17-11-12-19(31-4)20(13-17)32-5/h6-13,16H,14H2,1-5H3,(H,25,29)/t16-/m0/s1. The zero-order valence-corrected chi connectivity index (χ0v) is 19.2. The molecule has 2 aromatic carbocycles. The van der Waals surface area contributed by atoms with Crippen LogP contribution in [0.1, 0.15) is 18.2 Å². The Kier molecular flexibility index (Phi) is 7.22. The highest BCUT2D eigenvalue weighted by atomic mass is 16.5. The van der Waals surface area contributed by atoms with E-state index in [4.69, 9.17) is 14.2 Å². The molecule has 0 radical (unpaired) electrons. The molecular formula is C24H27N3O6. The smallest absolute Gasteiger partial charge is 0.311 e. The molecule has 1 heterocycles. The van der Waals surface area contributed by atoms with Gasteiger partial charge in [0.05, 0.1) is 32.0 Å². The number of nitrogens with zero attached hydrogens (tertiary/aromatic N) is 2. The highest BCUT2D eigenvalue weighted by molar-refractivity contribution is 5.95. The molecule has 9 nitrogen and oxygen atoms in total. The summed E-state index contributed by atoms with van der Waals surface area (Å²) in [7, 11) is 4.75. The first kappa shape index (κ1) is 23.6. The van der Waals surface area contributed by atoms with Crippen molar-refractivity contribution in [1.29, 1.82) is 0 Å². The van der Waals surface area contributed by atoms with Crippen molar-refractivity contribution in [3.8, 4) is 17.2 Å². The van der Waals surface area contributed by atoms with E-state index >= 15 is 0 Å². The van der Waals surface area contributed by atoms with Crippen molar-refractivity contribution in [2.24, 2.45) is 7.05 Å². The summed E-state index contributed by atoms with van der Waals surface area (Å²) in [5, 5.41) is 2.60. The predicted octanol–water partition coefficient (Wildman–Crippen LogP) is 2.61. The van der Waals surface area contributed by atoms with E-state index < -0.39 is 18.0 Å². The summed E-state index contributed by atoms with van der Waals surface area (Å²) >= 11 is 0. The first-order valence-electron chi connectivity index (χ1n) is 10.3. The van der Waals surface area contributed by atoms with Crippen molar-refractivity contribution in [3.05, 3.63) is 70.1 Å². The fourth-order valence-electron chi connectivity index (χ4n) is 3.39. The third kappa shape index (κ3) is 5.08. The van der Waals surface area contributed by atoms with Crippen LogP contribution >= 0.6 is 0 Å². The molecule has 0 aliphatic rings. The van der Waals surface area contributed by atoms with E-state index in [9.17, 15) is 14.4 Å². The normalized spacial score (nSPS) is 11.5. The number of hydrogen-bond acceptors (Lipinski definition) is 6. The van der Waals surface area contributed by atoms with E-state index in [0.717, 1.165) is 0 Å². The van der Waals surface area contributed by atoms with Gasteiger partial charge in [-0.05, 0) is 43.7 Å². The maximum Gasteiger partial charge on any atom is 0.311 e. The van der Waals surface area contributed by atoms with E-state index in [1.807, 2.05) is 18.2 Å². The minimum absolute atomic E-state index is 0.0524. The Morgan fingerprint density at radius 2 is 1.70 bits per heavy atom. The molecule has 0 fully saturated rings. The number of rotatable bonds is 8. The average molecular weight is 453 g/mol. The van der Waals surface area contributed by atoms with Gasteiger partial charge in [0.25, 0.3) is 11.5 Å². The molecule has 9 heteroatoms.